The van der Waals surface area contributed by atoms with Gasteiger partial charge in [0, 0.05) is 25.2 Å². The van der Waals surface area contributed by atoms with Gasteiger partial charge in [-0.3, -0.25) is 14.4 Å². The van der Waals surface area contributed by atoms with Gasteiger partial charge >= 0.3 is 5.97 Å². The maximum Gasteiger partial charge on any atom is 0.308 e. The Kier molecular flexibility index (Phi) is 6.17. The standard InChI is InChI=1S/C19H26N2O4/c1-12-7-13(2)9-16(8-12)18(23)21-6-4-5-15(11-21)17(22)20-10-14(3)19(24)25/h7-9,14-15H,4-6,10-11H2,1-3H3,(H,20,22)(H,24,25). The van der Waals surface area contributed by atoms with Crippen LogP contribution in [0.2, 0.25) is 0 Å². The third-order valence-electron chi connectivity index (χ3n) is 4.55. The molecular weight excluding hydrogens is 320 g/mol. The van der Waals surface area contributed by atoms with Gasteiger partial charge in [0.1, 0.15) is 0 Å². The number of nitrogens with zero attached hydrogens (tertiary/aromatic N) is 1. The van der Waals surface area contributed by atoms with Gasteiger partial charge in [-0.1, -0.05) is 24.1 Å². The summed E-state index contributed by atoms with van der Waals surface area (Å²) in [6.45, 7) is 6.59. The zero-order chi connectivity index (χ0) is 18.6. The summed E-state index contributed by atoms with van der Waals surface area (Å²) in [6, 6.07) is 5.76. The molecular formula is C19H26N2O4. The fourth-order valence-electron chi connectivity index (χ4n) is 3.14. The summed E-state index contributed by atoms with van der Waals surface area (Å²) < 4.78 is 0. The second-order valence-corrected chi connectivity index (χ2v) is 6.95. The molecule has 0 aliphatic carbocycles. The van der Waals surface area contributed by atoms with Gasteiger partial charge in [0.15, 0.2) is 0 Å². The van der Waals surface area contributed by atoms with Gasteiger partial charge in [-0.15, -0.1) is 0 Å². The van der Waals surface area contributed by atoms with Crippen LogP contribution in [-0.4, -0.2) is 47.4 Å². The Morgan fingerprint density at radius 2 is 1.88 bits per heavy atom. The molecule has 1 fully saturated rings. The van der Waals surface area contributed by atoms with E-state index in [-0.39, 0.29) is 24.3 Å². The molecule has 1 aromatic rings. The molecule has 1 saturated heterocycles. The van der Waals surface area contributed by atoms with E-state index in [2.05, 4.69) is 5.32 Å². The first-order valence-electron chi connectivity index (χ1n) is 8.66. The number of nitrogens with one attached hydrogen (secondary N) is 1. The van der Waals surface area contributed by atoms with Crippen LogP contribution >= 0.6 is 0 Å². The number of hydrogen-bond acceptors (Lipinski definition) is 3. The number of carboxylic acid groups (broad SMARTS) is 1. The molecule has 1 aliphatic heterocycles. The number of carbonyl (C=O) groups excluding carboxylic acids is 2. The third kappa shape index (κ3) is 5.05. The van der Waals surface area contributed by atoms with E-state index in [1.54, 1.807) is 11.8 Å². The number of rotatable bonds is 5. The predicted octanol–water partition coefficient (Wildman–Crippen LogP) is 1.99. The molecule has 1 heterocycles. The topological polar surface area (TPSA) is 86.7 Å². The molecule has 0 bridgehead atoms. The SMILES string of the molecule is Cc1cc(C)cc(C(=O)N2CCCC(C(=O)NCC(C)C(=O)O)C2)c1. The molecule has 2 atom stereocenters. The van der Waals surface area contributed by atoms with E-state index in [0.29, 0.717) is 25.1 Å². The van der Waals surface area contributed by atoms with Crippen LogP contribution in [0.5, 0.6) is 0 Å². The molecule has 136 valence electrons. The number of carbonyl (C=O) groups is 3. The molecule has 0 aromatic heterocycles. The lowest BCUT2D eigenvalue weighted by Crippen LogP contribution is -2.46. The van der Waals surface area contributed by atoms with Gasteiger partial charge in [-0.25, -0.2) is 0 Å². The van der Waals surface area contributed by atoms with Crippen LogP contribution in [0.4, 0.5) is 0 Å². The minimum Gasteiger partial charge on any atom is -0.481 e. The Bertz CT molecular complexity index is 651. The molecule has 2 unspecified atom stereocenters. The highest BCUT2D eigenvalue weighted by Gasteiger charge is 2.29. The first kappa shape index (κ1) is 19.0. The predicted molar refractivity (Wildman–Crippen MR) is 94.4 cm³/mol. The fourth-order valence-corrected chi connectivity index (χ4v) is 3.14. The van der Waals surface area contributed by atoms with Crippen molar-refractivity contribution in [1.29, 1.82) is 0 Å². The maximum absolute atomic E-state index is 12.7. The Hall–Kier alpha value is -2.37. The van der Waals surface area contributed by atoms with Crippen molar-refractivity contribution in [3.05, 3.63) is 34.9 Å². The third-order valence-corrected chi connectivity index (χ3v) is 4.55. The van der Waals surface area contributed by atoms with Crippen molar-refractivity contribution in [2.45, 2.75) is 33.6 Å². The van der Waals surface area contributed by atoms with Crippen LogP contribution in [0.3, 0.4) is 0 Å². The van der Waals surface area contributed by atoms with E-state index in [4.69, 9.17) is 5.11 Å². The molecule has 2 amide bonds. The molecule has 6 heteroatoms. The average molecular weight is 346 g/mol. The summed E-state index contributed by atoms with van der Waals surface area (Å²) in [7, 11) is 0. The lowest BCUT2D eigenvalue weighted by atomic mass is 9.96. The number of piperidine rings is 1. The molecule has 0 saturated carbocycles. The van der Waals surface area contributed by atoms with Crippen molar-refractivity contribution in [1.82, 2.24) is 10.2 Å². The van der Waals surface area contributed by atoms with E-state index in [1.807, 2.05) is 32.0 Å². The smallest absolute Gasteiger partial charge is 0.308 e. The van der Waals surface area contributed by atoms with Crippen molar-refractivity contribution < 1.29 is 19.5 Å². The lowest BCUT2D eigenvalue weighted by molar-refractivity contribution is -0.141. The van der Waals surface area contributed by atoms with E-state index in [9.17, 15) is 14.4 Å². The second-order valence-electron chi connectivity index (χ2n) is 6.95. The zero-order valence-corrected chi connectivity index (χ0v) is 15.0. The van der Waals surface area contributed by atoms with Crippen LogP contribution < -0.4 is 5.32 Å². The molecule has 6 nitrogen and oxygen atoms in total. The molecule has 25 heavy (non-hydrogen) atoms. The molecule has 2 N–H and O–H groups in total. The summed E-state index contributed by atoms with van der Waals surface area (Å²) in [5.74, 6) is -2.07. The van der Waals surface area contributed by atoms with E-state index in [1.165, 1.54) is 0 Å². The zero-order valence-electron chi connectivity index (χ0n) is 15.0. The first-order chi connectivity index (χ1) is 11.8. The highest BCUT2D eigenvalue weighted by atomic mass is 16.4. The van der Waals surface area contributed by atoms with Crippen molar-refractivity contribution in [2.75, 3.05) is 19.6 Å². The maximum atomic E-state index is 12.7. The van der Waals surface area contributed by atoms with Crippen molar-refractivity contribution in [3.63, 3.8) is 0 Å². The van der Waals surface area contributed by atoms with Crippen molar-refractivity contribution >= 4 is 17.8 Å². The summed E-state index contributed by atoms with van der Waals surface area (Å²) in [5, 5.41) is 11.6. The quantitative estimate of drug-likeness (QED) is 0.854. The van der Waals surface area contributed by atoms with E-state index >= 15 is 0 Å². The highest BCUT2D eigenvalue weighted by Crippen LogP contribution is 2.20. The minimum absolute atomic E-state index is 0.0526. The summed E-state index contributed by atoms with van der Waals surface area (Å²) in [4.78, 5) is 37.6. The number of carboxylic acids is 1. The number of aliphatic carboxylic acids is 1. The van der Waals surface area contributed by atoms with Gasteiger partial charge in [0.2, 0.25) is 5.91 Å². The summed E-state index contributed by atoms with van der Waals surface area (Å²) in [5.41, 5.74) is 2.73. The van der Waals surface area contributed by atoms with Gasteiger partial charge < -0.3 is 15.3 Å². The number of amides is 2. The van der Waals surface area contributed by atoms with Gasteiger partial charge in [-0.2, -0.15) is 0 Å². The number of likely N-dealkylation sites (tertiary alicyclic amines) is 1. The van der Waals surface area contributed by atoms with Gasteiger partial charge in [0.05, 0.1) is 11.8 Å². The molecule has 1 aliphatic rings. The highest BCUT2D eigenvalue weighted by molar-refractivity contribution is 5.95. The van der Waals surface area contributed by atoms with Gasteiger partial charge in [-0.05, 0) is 38.8 Å². The van der Waals surface area contributed by atoms with Crippen LogP contribution in [0.1, 0.15) is 41.3 Å². The number of benzene rings is 1. The first-order valence-corrected chi connectivity index (χ1v) is 8.66. The Balaban J connectivity index is 1.98. The van der Waals surface area contributed by atoms with Crippen LogP contribution in [0, 0.1) is 25.7 Å². The second kappa shape index (κ2) is 8.14. The lowest BCUT2D eigenvalue weighted by Gasteiger charge is -2.32. The van der Waals surface area contributed by atoms with Crippen LogP contribution in [-0.2, 0) is 9.59 Å². The molecule has 2 rings (SSSR count). The number of hydrogen-bond donors (Lipinski definition) is 2. The molecule has 1 aromatic carbocycles. The fraction of sp³-hybridized carbons (Fsp3) is 0.526. The molecule has 0 radical (unpaired) electrons. The normalized spacial score (nSPS) is 18.5. The van der Waals surface area contributed by atoms with Crippen LogP contribution in [0.25, 0.3) is 0 Å². The number of aryl methyl sites for hydroxylation is 2. The Morgan fingerprint density at radius 1 is 1.24 bits per heavy atom. The largest absolute Gasteiger partial charge is 0.481 e. The summed E-state index contributed by atoms with van der Waals surface area (Å²) in [6.07, 6.45) is 1.48. The van der Waals surface area contributed by atoms with E-state index < -0.39 is 11.9 Å². The monoisotopic (exact) mass is 346 g/mol. The van der Waals surface area contributed by atoms with E-state index in [0.717, 1.165) is 17.5 Å². The van der Waals surface area contributed by atoms with Crippen molar-refractivity contribution in [2.24, 2.45) is 11.8 Å². The van der Waals surface area contributed by atoms with Crippen LogP contribution in [0.15, 0.2) is 18.2 Å². The summed E-state index contributed by atoms with van der Waals surface area (Å²) >= 11 is 0. The Morgan fingerprint density at radius 3 is 2.48 bits per heavy atom. The minimum atomic E-state index is -0.935. The average Bonchev–Trinajstić information content (AvgIpc) is 2.57. The molecule has 0 spiro atoms. The van der Waals surface area contributed by atoms with Gasteiger partial charge in [0.25, 0.3) is 5.91 Å². The Labute approximate surface area is 148 Å². The van der Waals surface area contributed by atoms with Crippen molar-refractivity contribution in [3.8, 4) is 0 Å².